The first kappa shape index (κ1) is 14.1. The normalized spacial score (nSPS) is 22.6. The number of hydrogen-bond acceptors (Lipinski definition) is 6. The van der Waals surface area contributed by atoms with Crippen LogP contribution in [0.25, 0.3) is 0 Å². The van der Waals surface area contributed by atoms with Gasteiger partial charge in [0.1, 0.15) is 0 Å². The Labute approximate surface area is 122 Å². The third kappa shape index (κ3) is 3.08. The lowest BCUT2D eigenvalue weighted by atomic mass is 10.2. The van der Waals surface area contributed by atoms with Crippen LogP contribution in [0.3, 0.4) is 0 Å². The Hall–Kier alpha value is -1.86. The molecule has 0 unspecified atom stereocenters. The number of aliphatic hydroxyl groups is 1. The molecule has 2 heterocycles. The van der Waals surface area contributed by atoms with E-state index < -0.39 is 0 Å². The molecule has 0 saturated carbocycles. The molecule has 0 spiro atoms. The molecule has 0 amide bonds. The van der Waals surface area contributed by atoms with E-state index >= 15 is 0 Å². The molecule has 21 heavy (non-hydrogen) atoms. The number of aliphatic hydroxyl groups excluding tert-OH is 1. The highest BCUT2D eigenvalue weighted by Crippen LogP contribution is 2.31. The SMILES string of the molecule is O=[N+]([O-])c1cc(N2CCOCC2)cc(N2CC[C@@H](O)C2)c1. The predicted molar refractivity (Wildman–Crippen MR) is 79.0 cm³/mol. The molecule has 7 heteroatoms. The minimum absolute atomic E-state index is 0.0929. The second-order valence-corrected chi connectivity index (χ2v) is 5.45. The molecule has 7 nitrogen and oxygen atoms in total. The molecule has 0 radical (unpaired) electrons. The van der Waals surface area contributed by atoms with Gasteiger partial charge in [0.25, 0.3) is 5.69 Å². The second kappa shape index (κ2) is 5.87. The second-order valence-electron chi connectivity index (χ2n) is 5.45. The van der Waals surface area contributed by atoms with Gasteiger partial charge in [0, 0.05) is 49.7 Å². The Morgan fingerprint density at radius 1 is 1.14 bits per heavy atom. The highest BCUT2D eigenvalue weighted by Gasteiger charge is 2.24. The largest absolute Gasteiger partial charge is 0.391 e. The van der Waals surface area contributed by atoms with Gasteiger partial charge < -0.3 is 19.6 Å². The average Bonchev–Trinajstić information content (AvgIpc) is 2.94. The number of rotatable bonds is 3. The topological polar surface area (TPSA) is 79.1 Å². The van der Waals surface area contributed by atoms with Gasteiger partial charge in [-0.3, -0.25) is 10.1 Å². The van der Waals surface area contributed by atoms with Crippen LogP contribution >= 0.6 is 0 Å². The first-order chi connectivity index (χ1) is 10.1. The van der Waals surface area contributed by atoms with Crippen LogP contribution in [0.15, 0.2) is 18.2 Å². The lowest BCUT2D eigenvalue weighted by Crippen LogP contribution is -2.36. The Balaban J connectivity index is 1.91. The van der Waals surface area contributed by atoms with Crippen molar-refractivity contribution in [2.45, 2.75) is 12.5 Å². The van der Waals surface area contributed by atoms with Crippen molar-refractivity contribution < 1.29 is 14.8 Å². The molecule has 1 atom stereocenters. The van der Waals surface area contributed by atoms with Gasteiger partial charge in [-0.2, -0.15) is 0 Å². The smallest absolute Gasteiger partial charge is 0.273 e. The number of nitro groups is 1. The molecule has 1 aromatic rings. The van der Waals surface area contributed by atoms with Gasteiger partial charge in [-0.05, 0) is 12.5 Å². The molecular formula is C14H19N3O4. The summed E-state index contributed by atoms with van der Waals surface area (Å²) in [5, 5.41) is 20.8. The molecular weight excluding hydrogens is 274 g/mol. The van der Waals surface area contributed by atoms with E-state index in [0.717, 1.165) is 31.0 Å². The highest BCUT2D eigenvalue weighted by atomic mass is 16.6. The number of nitro benzene ring substituents is 1. The van der Waals surface area contributed by atoms with E-state index in [1.54, 1.807) is 12.1 Å². The van der Waals surface area contributed by atoms with E-state index in [0.29, 0.717) is 26.2 Å². The third-order valence-electron chi connectivity index (χ3n) is 4.00. The van der Waals surface area contributed by atoms with Gasteiger partial charge in [-0.25, -0.2) is 0 Å². The van der Waals surface area contributed by atoms with Gasteiger partial charge in [0.15, 0.2) is 0 Å². The van der Waals surface area contributed by atoms with Crippen molar-refractivity contribution in [1.29, 1.82) is 0 Å². The van der Waals surface area contributed by atoms with Gasteiger partial charge in [-0.15, -0.1) is 0 Å². The van der Waals surface area contributed by atoms with Crippen molar-refractivity contribution in [2.24, 2.45) is 0 Å². The van der Waals surface area contributed by atoms with Crippen molar-refractivity contribution >= 4 is 17.1 Å². The maximum Gasteiger partial charge on any atom is 0.273 e. The number of morpholine rings is 1. The first-order valence-electron chi connectivity index (χ1n) is 7.18. The molecule has 3 rings (SSSR count). The fraction of sp³-hybridized carbons (Fsp3) is 0.571. The Kier molecular flexibility index (Phi) is 3.94. The molecule has 0 bridgehead atoms. The zero-order valence-electron chi connectivity index (χ0n) is 11.8. The monoisotopic (exact) mass is 293 g/mol. The number of nitrogens with zero attached hydrogens (tertiary/aromatic N) is 3. The molecule has 2 saturated heterocycles. The van der Waals surface area contributed by atoms with Crippen molar-refractivity contribution in [2.75, 3.05) is 49.2 Å². The van der Waals surface area contributed by atoms with E-state index in [4.69, 9.17) is 4.74 Å². The van der Waals surface area contributed by atoms with Gasteiger partial charge in [0.05, 0.1) is 24.2 Å². The fourth-order valence-corrected chi connectivity index (χ4v) is 2.85. The lowest BCUT2D eigenvalue weighted by Gasteiger charge is -2.30. The molecule has 114 valence electrons. The van der Waals surface area contributed by atoms with Crippen LogP contribution < -0.4 is 9.80 Å². The van der Waals surface area contributed by atoms with Crippen LogP contribution in [0.1, 0.15) is 6.42 Å². The molecule has 2 aliphatic rings. The maximum absolute atomic E-state index is 11.2. The quantitative estimate of drug-likeness (QED) is 0.661. The number of non-ortho nitro benzene ring substituents is 1. The van der Waals surface area contributed by atoms with Crippen LogP contribution in [0.4, 0.5) is 17.1 Å². The number of benzene rings is 1. The summed E-state index contributed by atoms with van der Waals surface area (Å²) < 4.78 is 5.32. The number of β-amino-alcohol motifs (C(OH)–C–C–N with tert-alkyl or cyclic N) is 1. The molecule has 2 aliphatic heterocycles. The standard InChI is InChI=1S/C14H19N3O4/c18-14-1-2-16(10-14)12-7-11(8-13(9-12)17(19)20)15-3-5-21-6-4-15/h7-9,14,18H,1-6,10H2/t14-/m1/s1. The predicted octanol–water partition coefficient (Wildman–Crippen LogP) is 1.00. The van der Waals surface area contributed by atoms with Crippen molar-refractivity contribution in [1.82, 2.24) is 0 Å². The number of anilines is 2. The van der Waals surface area contributed by atoms with E-state index in [1.165, 1.54) is 0 Å². The number of hydrogen-bond donors (Lipinski definition) is 1. The van der Waals surface area contributed by atoms with Gasteiger partial charge in [0.2, 0.25) is 0 Å². The average molecular weight is 293 g/mol. The summed E-state index contributed by atoms with van der Waals surface area (Å²) in [5.74, 6) is 0. The van der Waals surface area contributed by atoms with E-state index in [9.17, 15) is 15.2 Å². The van der Waals surface area contributed by atoms with Gasteiger partial charge in [-0.1, -0.05) is 0 Å². The Bertz CT molecular complexity index is 508. The highest BCUT2D eigenvalue weighted by molar-refractivity contribution is 5.66. The van der Waals surface area contributed by atoms with E-state index in [2.05, 4.69) is 4.90 Å². The van der Waals surface area contributed by atoms with Crippen LogP contribution in [0.5, 0.6) is 0 Å². The third-order valence-corrected chi connectivity index (χ3v) is 4.00. The van der Waals surface area contributed by atoms with Crippen molar-refractivity contribution in [3.05, 3.63) is 28.3 Å². The number of ether oxygens (including phenoxy) is 1. The van der Waals surface area contributed by atoms with Crippen molar-refractivity contribution in [3.8, 4) is 0 Å². The molecule has 0 aliphatic carbocycles. The Morgan fingerprint density at radius 2 is 1.81 bits per heavy atom. The molecule has 1 N–H and O–H groups in total. The summed E-state index contributed by atoms with van der Waals surface area (Å²) in [6.07, 6.45) is 0.353. The van der Waals surface area contributed by atoms with E-state index in [-0.39, 0.29) is 16.7 Å². The summed E-state index contributed by atoms with van der Waals surface area (Å²) in [7, 11) is 0. The summed E-state index contributed by atoms with van der Waals surface area (Å²) in [6.45, 7) is 4.02. The van der Waals surface area contributed by atoms with Crippen LogP contribution in [0, 0.1) is 10.1 Å². The summed E-state index contributed by atoms with van der Waals surface area (Å²) in [5.41, 5.74) is 1.75. The summed E-state index contributed by atoms with van der Waals surface area (Å²) in [6, 6.07) is 5.17. The van der Waals surface area contributed by atoms with Crippen molar-refractivity contribution in [3.63, 3.8) is 0 Å². The molecule has 2 fully saturated rings. The zero-order chi connectivity index (χ0) is 14.8. The summed E-state index contributed by atoms with van der Waals surface area (Å²) >= 11 is 0. The molecule has 1 aromatic carbocycles. The van der Waals surface area contributed by atoms with Crippen LogP contribution in [0.2, 0.25) is 0 Å². The zero-order valence-corrected chi connectivity index (χ0v) is 11.8. The fourth-order valence-electron chi connectivity index (χ4n) is 2.85. The Morgan fingerprint density at radius 3 is 2.38 bits per heavy atom. The van der Waals surface area contributed by atoms with Gasteiger partial charge >= 0.3 is 0 Å². The minimum Gasteiger partial charge on any atom is -0.391 e. The van der Waals surface area contributed by atoms with Crippen LogP contribution in [-0.4, -0.2) is 55.5 Å². The lowest BCUT2D eigenvalue weighted by molar-refractivity contribution is -0.384. The molecule has 0 aromatic heterocycles. The first-order valence-corrected chi connectivity index (χ1v) is 7.18. The minimum atomic E-state index is -0.361. The van der Waals surface area contributed by atoms with Crippen LogP contribution in [-0.2, 0) is 4.74 Å². The van der Waals surface area contributed by atoms with E-state index in [1.807, 2.05) is 11.0 Å². The summed E-state index contributed by atoms with van der Waals surface area (Å²) in [4.78, 5) is 14.9. The maximum atomic E-state index is 11.2.